The van der Waals surface area contributed by atoms with Crippen LogP contribution in [-0.4, -0.2) is 26.7 Å². The van der Waals surface area contributed by atoms with Crippen LogP contribution in [0.1, 0.15) is 41.9 Å². The summed E-state index contributed by atoms with van der Waals surface area (Å²) in [5, 5.41) is 20.8. The van der Waals surface area contributed by atoms with Gasteiger partial charge in [0.2, 0.25) is 0 Å². The van der Waals surface area contributed by atoms with Gasteiger partial charge in [-0.1, -0.05) is 35.9 Å². The van der Waals surface area contributed by atoms with Crippen LogP contribution in [0.3, 0.4) is 0 Å². The Balaban J connectivity index is 1.82. The molecule has 6 nitrogen and oxygen atoms in total. The molecule has 2 N–H and O–H groups in total. The van der Waals surface area contributed by atoms with Gasteiger partial charge in [-0.3, -0.25) is 25.1 Å². The largest absolute Gasteiger partial charge is 0.507 e. The second-order valence-electron chi connectivity index (χ2n) is 8.38. The van der Waals surface area contributed by atoms with Gasteiger partial charge >= 0.3 is 0 Å². The lowest BCUT2D eigenvalue weighted by atomic mass is 9.74. The number of ketones is 1. The fraction of sp³-hybridized carbons (Fsp3) is 0.185. The number of pyridine rings is 2. The van der Waals surface area contributed by atoms with Crippen molar-refractivity contribution >= 4 is 23.1 Å². The maximum Gasteiger partial charge on any atom is 0.161 e. The lowest BCUT2D eigenvalue weighted by Crippen LogP contribution is -2.42. The third-order valence-electron chi connectivity index (χ3n) is 6.26. The van der Waals surface area contributed by atoms with Crippen LogP contribution in [0.4, 0.5) is 5.69 Å². The van der Waals surface area contributed by atoms with E-state index in [9.17, 15) is 15.3 Å². The fourth-order valence-electron chi connectivity index (χ4n) is 4.71. The third-order valence-corrected chi connectivity index (χ3v) is 6.26. The number of nitrogens with one attached hydrogen (secondary N) is 1. The number of carbonyl (C=O) groups excluding carboxylic acids is 1. The molecule has 0 amide bonds. The van der Waals surface area contributed by atoms with Crippen molar-refractivity contribution in [2.45, 2.75) is 32.1 Å². The molecule has 0 radical (unpaired) electrons. The Hall–Kier alpha value is -4.06. The number of amidine groups is 1. The summed E-state index contributed by atoms with van der Waals surface area (Å²) in [5.41, 5.74) is 4.98. The minimum atomic E-state index is -0.566. The van der Waals surface area contributed by atoms with Gasteiger partial charge in [0, 0.05) is 53.3 Å². The molecule has 1 aliphatic carbocycles. The van der Waals surface area contributed by atoms with E-state index in [0.29, 0.717) is 35.2 Å². The number of rotatable bonds is 3. The number of benzene rings is 1. The number of hydrogen-bond acceptors (Lipinski definition) is 5. The number of nitrogens with zero attached hydrogens (tertiary/aromatic N) is 3. The molecule has 0 fully saturated rings. The first kappa shape index (κ1) is 20.8. The summed E-state index contributed by atoms with van der Waals surface area (Å²) in [7, 11) is 0. The number of aliphatic hydroxyl groups is 1. The van der Waals surface area contributed by atoms with Crippen molar-refractivity contribution in [3.8, 4) is 0 Å². The Morgan fingerprint density at radius 1 is 1.03 bits per heavy atom. The average Bonchev–Trinajstić information content (AvgIpc) is 2.84. The summed E-state index contributed by atoms with van der Waals surface area (Å²) < 4.78 is 0. The van der Waals surface area contributed by atoms with Crippen LogP contribution >= 0.6 is 0 Å². The summed E-state index contributed by atoms with van der Waals surface area (Å²) in [6, 6.07) is 14.9. The topological polar surface area (TPSA) is 90.2 Å². The first-order chi connectivity index (χ1) is 16.1. The fourth-order valence-corrected chi connectivity index (χ4v) is 4.71. The van der Waals surface area contributed by atoms with Gasteiger partial charge in [-0.2, -0.15) is 0 Å². The van der Waals surface area contributed by atoms with E-state index in [-0.39, 0.29) is 17.4 Å². The number of aliphatic hydroxyl groups excluding tert-OH is 1. The molecule has 0 bridgehead atoms. The number of aromatic nitrogens is 2. The molecule has 2 aliphatic rings. The van der Waals surface area contributed by atoms with Gasteiger partial charge in [-0.05, 0) is 43.5 Å². The molecule has 1 atom stereocenters. The van der Waals surface area contributed by atoms with Crippen LogP contribution < -0.4 is 4.90 Å². The first-order valence-corrected chi connectivity index (χ1v) is 11.0. The number of allylic oxidation sites excluding steroid dienone is 2. The lowest BCUT2D eigenvalue weighted by Gasteiger charge is -2.41. The number of aryl methyl sites for hydroxylation is 1. The molecule has 2 aromatic heterocycles. The van der Waals surface area contributed by atoms with Crippen LogP contribution in [-0.2, 0) is 4.79 Å². The second kappa shape index (κ2) is 8.47. The van der Waals surface area contributed by atoms with Crippen LogP contribution in [0.2, 0.25) is 0 Å². The molecule has 5 rings (SSSR count). The quantitative estimate of drug-likeness (QED) is 0.541. The SMILES string of the molecule is Cc1ccc(/C(O)=C2\C(=N)N(c3cccnc3)C3=C(C(=O)CCC3)C2c2cccnc2)cc1. The van der Waals surface area contributed by atoms with E-state index in [4.69, 9.17) is 0 Å². The van der Waals surface area contributed by atoms with Gasteiger partial charge < -0.3 is 5.11 Å². The Labute approximate surface area is 192 Å². The summed E-state index contributed by atoms with van der Waals surface area (Å²) in [6.07, 6.45) is 8.61. The lowest BCUT2D eigenvalue weighted by molar-refractivity contribution is -0.116. The standard InChI is InChI=1S/C27H24N4O2/c1-17-9-11-18(12-10-17)26(33)25-23(19-5-3-13-29-15-19)24-21(7-2-8-22(24)32)31(27(25)28)20-6-4-14-30-16-20/h3-6,9-16,23,28,33H,2,7-8H2,1H3/b26-25+,28-27?. The van der Waals surface area contributed by atoms with Gasteiger partial charge in [0.05, 0.1) is 11.9 Å². The molecule has 0 saturated carbocycles. The monoisotopic (exact) mass is 436 g/mol. The van der Waals surface area contributed by atoms with Crippen LogP contribution in [0, 0.1) is 12.3 Å². The van der Waals surface area contributed by atoms with Crippen LogP contribution in [0.15, 0.2) is 90.2 Å². The molecule has 0 spiro atoms. The average molecular weight is 437 g/mol. The maximum absolute atomic E-state index is 13.3. The van der Waals surface area contributed by atoms with Crippen molar-refractivity contribution in [1.29, 1.82) is 5.41 Å². The van der Waals surface area contributed by atoms with E-state index in [1.54, 1.807) is 29.7 Å². The number of anilines is 1. The zero-order valence-corrected chi connectivity index (χ0v) is 18.3. The number of Topliss-reactive ketones (excluding diaryl/α,β-unsaturated/α-hetero) is 1. The predicted molar refractivity (Wildman–Crippen MR) is 128 cm³/mol. The van der Waals surface area contributed by atoms with E-state index in [1.165, 1.54) is 0 Å². The highest BCUT2D eigenvalue weighted by Crippen LogP contribution is 2.47. The van der Waals surface area contributed by atoms with E-state index in [1.807, 2.05) is 55.5 Å². The van der Waals surface area contributed by atoms with Crippen molar-refractivity contribution in [1.82, 2.24) is 9.97 Å². The van der Waals surface area contributed by atoms with Gasteiger partial charge in [0.15, 0.2) is 5.78 Å². The smallest absolute Gasteiger partial charge is 0.161 e. The molecular weight excluding hydrogens is 412 g/mol. The van der Waals surface area contributed by atoms with Gasteiger partial charge in [0.25, 0.3) is 0 Å². The van der Waals surface area contributed by atoms with E-state index < -0.39 is 5.92 Å². The predicted octanol–water partition coefficient (Wildman–Crippen LogP) is 5.34. The Morgan fingerprint density at radius 2 is 1.76 bits per heavy atom. The molecule has 3 heterocycles. The Kier molecular flexibility index (Phi) is 5.34. The van der Waals surface area contributed by atoms with Gasteiger partial charge in [-0.25, -0.2) is 0 Å². The molecule has 1 unspecified atom stereocenters. The Morgan fingerprint density at radius 3 is 2.42 bits per heavy atom. The van der Waals surface area contributed by atoms with Gasteiger partial charge in [0.1, 0.15) is 11.6 Å². The zero-order chi connectivity index (χ0) is 22.9. The summed E-state index contributed by atoms with van der Waals surface area (Å²) in [5.74, 6) is -0.389. The second-order valence-corrected chi connectivity index (χ2v) is 8.38. The van der Waals surface area contributed by atoms with E-state index >= 15 is 0 Å². The minimum absolute atomic E-state index is 0.00679. The number of carbonyl (C=O) groups is 1. The molecule has 164 valence electrons. The summed E-state index contributed by atoms with van der Waals surface area (Å²) in [6.45, 7) is 1.98. The van der Waals surface area contributed by atoms with Crippen LogP contribution in [0.5, 0.6) is 0 Å². The molecule has 3 aromatic rings. The van der Waals surface area contributed by atoms with Crippen molar-refractivity contribution in [3.63, 3.8) is 0 Å². The molecule has 1 aromatic carbocycles. The van der Waals surface area contributed by atoms with E-state index in [0.717, 1.165) is 23.2 Å². The number of hydrogen-bond donors (Lipinski definition) is 2. The third kappa shape index (κ3) is 3.63. The molecule has 1 aliphatic heterocycles. The van der Waals surface area contributed by atoms with Crippen LogP contribution in [0.25, 0.3) is 5.76 Å². The van der Waals surface area contributed by atoms with Crippen molar-refractivity contribution in [2.75, 3.05) is 4.90 Å². The van der Waals surface area contributed by atoms with Gasteiger partial charge in [-0.15, -0.1) is 0 Å². The van der Waals surface area contributed by atoms with Crippen molar-refractivity contribution in [3.05, 3.63) is 107 Å². The van der Waals surface area contributed by atoms with E-state index in [2.05, 4.69) is 9.97 Å². The zero-order valence-electron chi connectivity index (χ0n) is 18.3. The maximum atomic E-state index is 13.3. The first-order valence-electron chi connectivity index (χ1n) is 11.0. The van der Waals surface area contributed by atoms with Crippen molar-refractivity contribution in [2.24, 2.45) is 0 Å². The highest BCUT2D eigenvalue weighted by atomic mass is 16.3. The molecular formula is C27H24N4O2. The highest BCUT2D eigenvalue weighted by Gasteiger charge is 2.43. The summed E-state index contributed by atoms with van der Waals surface area (Å²) in [4.78, 5) is 23.6. The molecule has 0 saturated heterocycles. The molecule has 6 heteroatoms. The highest BCUT2D eigenvalue weighted by molar-refractivity contribution is 6.19. The Bertz CT molecular complexity index is 1280. The normalized spacial score (nSPS) is 20.0. The van der Waals surface area contributed by atoms with Crippen molar-refractivity contribution < 1.29 is 9.90 Å². The molecule has 33 heavy (non-hydrogen) atoms. The summed E-state index contributed by atoms with van der Waals surface area (Å²) >= 11 is 0. The minimum Gasteiger partial charge on any atom is -0.507 e.